The van der Waals surface area contributed by atoms with Gasteiger partial charge < -0.3 is 15.2 Å². The first-order valence-electron chi connectivity index (χ1n) is 24.5. The molecule has 32 rings (SSSR count). The number of rotatable bonds is 4. The Morgan fingerprint density at radius 1 is 0.299 bits per heavy atom. The molecule has 0 atom stereocenters. The SMILES string of the molecule is O=C([O-])CCNC12c3c4c5c6c7c8c(c9c%10c1c1c3c3c%11c4c4c5c5c7c7c%12c8c8c9c9c%10c%10c1c1c3c3c%11c%11c4c4c5c7c5c7c%12c8c8c9c9c%10c1c1c3c3c%11c4c5c4c7c8c9c1c34)C62.[Na+]. The summed E-state index contributed by atoms with van der Waals surface area (Å²) >= 11 is 0. The minimum atomic E-state index is -0.966. The van der Waals surface area contributed by atoms with Gasteiger partial charge in [0.25, 0.3) is 0 Å². The number of nitrogens with one attached hydrogen (secondary N) is 1. The molecule has 67 heavy (non-hydrogen) atoms. The Balaban J connectivity index is 0.00000297. The van der Waals surface area contributed by atoms with Crippen LogP contribution in [0.5, 0.6) is 0 Å². The predicted molar refractivity (Wildman–Crippen MR) is 273 cm³/mol. The van der Waals surface area contributed by atoms with Crippen LogP contribution >= 0.6 is 0 Å². The van der Waals surface area contributed by atoms with E-state index < -0.39 is 11.5 Å². The van der Waals surface area contributed by atoms with E-state index in [9.17, 15) is 9.90 Å². The molecule has 28 aromatic carbocycles. The van der Waals surface area contributed by atoms with Crippen molar-refractivity contribution in [3.63, 3.8) is 0 Å². The minimum absolute atomic E-state index is 0. The Morgan fingerprint density at radius 2 is 0.463 bits per heavy atom. The number of hydrogen-bond acceptors (Lipinski definition) is 3. The molecular formula is C63H6NNaO2. The van der Waals surface area contributed by atoms with Gasteiger partial charge in [0.15, 0.2) is 0 Å². The van der Waals surface area contributed by atoms with E-state index in [1.54, 1.807) is 280 Å². The van der Waals surface area contributed by atoms with Crippen molar-refractivity contribution in [3.8, 4) is 0 Å². The second kappa shape index (κ2) is 5.97. The standard InChI is InChI=1S/C63H7NO2.Na/c65-3(66)1-2-64-63-60-56-50-36-28-20-8-5-4-6-9(8)21-23-19-13(6)15-11-7(4)10-14-12(5)18-22(20)34(36)42-40-26(18)24(14)32-30-16(10)17(11)31-33-25(15)27(19)41-43-35(23)37(29(21)28)51(50)57(60)53(43)55-47(41)45(33)49-39(31)38(30)48-44(32)46(40)54(52(42)56)61(63)58(48)59(49)62(55)63;/h60,64H,1-2H2,(H,65,66);/q;+1/p-1. The van der Waals surface area contributed by atoms with Crippen molar-refractivity contribution >= 4 is 297 Å². The second-order valence-electron chi connectivity index (χ2n) is 24.1. The molecule has 0 saturated carbocycles. The summed E-state index contributed by atoms with van der Waals surface area (Å²) in [5.74, 6) is -0.906. The van der Waals surface area contributed by atoms with Crippen LogP contribution < -0.4 is 40.0 Å². The van der Waals surface area contributed by atoms with E-state index in [2.05, 4.69) is 5.32 Å². The first-order valence-corrected chi connectivity index (χ1v) is 24.5. The summed E-state index contributed by atoms with van der Waals surface area (Å²) in [4.78, 5) is 12.7. The van der Waals surface area contributed by atoms with E-state index in [1.807, 2.05) is 0 Å². The first-order chi connectivity index (χ1) is 32.8. The van der Waals surface area contributed by atoms with Gasteiger partial charge in [-0.15, -0.1) is 0 Å². The molecule has 0 aromatic heterocycles. The summed E-state index contributed by atoms with van der Waals surface area (Å²) < 4.78 is 0. The van der Waals surface area contributed by atoms with Crippen molar-refractivity contribution < 1.29 is 39.5 Å². The van der Waals surface area contributed by atoms with E-state index in [0.29, 0.717) is 6.54 Å². The molecule has 4 heteroatoms. The zero-order valence-corrected chi connectivity index (χ0v) is 36.3. The molecule has 0 bridgehead atoms. The first kappa shape index (κ1) is 26.3. The van der Waals surface area contributed by atoms with Crippen LogP contribution in [-0.2, 0) is 10.3 Å². The number of carbonyl (C=O) groups is 1. The van der Waals surface area contributed by atoms with Crippen LogP contribution in [0, 0.1) is 0 Å². The maximum atomic E-state index is 12.7. The van der Waals surface area contributed by atoms with Gasteiger partial charge in [-0.05, 0) is 320 Å². The van der Waals surface area contributed by atoms with Gasteiger partial charge in [-0.2, -0.15) is 0 Å². The fourth-order valence-corrected chi connectivity index (χ4v) is 23.8. The van der Waals surface area contributed by atoms with Crippen molar-refractivity contribution in [1.82, 2.24) is 5.32 Å². The van der Waals surface area contributed by atoms with Gasteiger partial charge in [0, 0.05) is 18.4 Å². The Kier molecular flexibility index (Phi) is 2.34. The van der Waals surface area contributed by atoms with Gasteiger partial charge in [-0.1, -0.05) is 0 Å². The van der Waals surface area contributed by atoms with Crippen LogP contribution in [0.15, 0.2) is 0 Å². The van der Waals surface area contributed by atoms with Crippen molar-refractivity contribution in [2.24, 2.45) is 0 Å². The molecule has 0 aliphatic heterocycles. The average molecular weight is 832 g/mol. The monoisotopic (exact) mass is 831 g/mol. The van der Waals surface area contributed by atoms with Gasteiger partial charge in [0.2, 0.25) is 0 Å². The number of carbonyl (C=O) groups excluding carboxylic acids is 1. The molecule has 3 nitrogen and oxygen atoms in total. The number of aliphatic carboxylic acids is 1. The molecule has 276 valence electrons. The van der Waals surface area contributed by atoms with Crippen LogP contribution in [0.2, 0.25) is 0 Å². The zero-order chi connectivity index (χ0) is 39.3. The zero-order valence-electron chi connectivity index (χ0n) is 34.3. The van der Waals surface area contributed by atoms with E-state index in [-0.39, 0.29) is 41.9 Å². The normalized spacial score (nSPS) is 20.9. The summed E-state index contributed by atoms with van der Waals surface area (Å²) in [7, 11) is 0. The summed E-state index contributed by atoms with van der Waals surface area (Å²) in [6.07, 6.45) is 0.000208. The van der Waals surface area contributed by atoms with E-state index in [0.717, 1.165) is 0 Å². The van der Waals surface area contributed by atoms with Crippen LogP contribution in [0.25, 0.3) is 291 Å². The van der Waals surface area contributed by atoms with E-state index in [1.165, 1.54) is 32.7 Å². The predicted octanol–water partition coefficient (Wildman–Crippen LogP) is 11.8. The molecule has 0 unspecified atom stereocenters. The third-order valence-electron chi connectivity index (χ3n) is 23.9. The Bertz CT molecular complexity index is 6810. The molecule has 1 N–H and O–H groups in total. The summed E-state index contributed by atoms with van der Waals surface area (Å²) in [5, 5.41) is 103. The summed E-state index contributed by atoms with van der Waals surface area (Å²) in [6.45, 7) is 0.385. The van der Waals surface area contributed by atoms with Crippen molar-refractivity contribution in [2.75, 3.05) is 6.54 Å². The molecule has 0 heterocycles. The maximum absolute atomic E-state index is 12.7. The minimum Gasteiger partial charge on any atom is -0.550 e. The van der Waals surface area contributed by atoms with Gasteiger partial charge in [0.1, 0.15) is 0 Å². The fraction of sp³-hybridized carbons (Fsp3) is 0.0635. The maximum Gasteiger partial charge on any atom is 1.00 e. The van der Waals surface area contributed by atoms with E-state index in [4.69, 9.17) is 0 Å². The van der Waals surface area contributed by atoms with Crippen LogP contribution in [0.4, 0.5) is 0 Å². The number of benzene rings is 18. The topological polar surface area (TPSA) is 52.2 Å². The third-order valence-corrected chi connectivity index (χ3v) is 23.9. The molecule has 0 amide bonds. The Morgan fingerprint density at radius 3 is 0.672 bits per heavy atom. The number of carboxylic acid groups (broad SMARTS) is 1. The van der Waals surface area contributed by atoms with Gasteiger partial charge >= 0.3 is 29.6 Å². The molecule has 0 saturated heterocycles. The van der Waals surface area contributed by atoms with E-state index >= 15 is 0 Å². The summed E-state index contributed by atoms with van der Waals surface area (Å²) in [6, 6.07) is 0. The molecule has 0 spiro atoms. The second-order valence-corrected chi connectivity index (χ2v) is 24.1. The average Bonchev–Trinajstić information content (AvgIpc) is 4.16. The molecule has 4 aliphatic rings. The van der Waals surface area contributed by atoms with Crippen molar-refractivity contribution in [1.29, 1.82) is 0 Å². The fourth-order valence-electron chi connectivity index (χ4n) is 23.8. The quantitative estimate of drug-likeness (QED) is 0.142. The molecular weight excluding hydrogens is 826 g/mol. The van der Waals surface area contributed by atoms with Crippen molar-refractivity contribution in [2.45, 2.75) is 17.9 Å². The Labute approximate surface area is 385 Å². The Hall–Kier alpha value is -7.11. The summed E-state index contributed by atoms with van der Waals surface area (Å²) in [5.41, 5.74) is 5.61. The molecule has 4 aliphatic carbocycles. The molecule has 0 radical (unpaired) electrons. The van der Waals surface area contributed by atoms with Gasteiger partial charge in [-0.3, -0.25) is 0 Å². The number of carboxylic acids is 1. The smallest absolute Gasteiger partial charge is 0.550 e. The molecule has 28 aromatic rings. The largest absolute Gasteiger partial charge is 1.00 e. The van der Waals surface area contributed by atoms with Gasteiger partial charge in [0.05, 0.1) is 5.54 Å². The van der Waals surface area contributed by atoms with Crippen LogP contribution in [0.1, 0.15) is 34.6 Å². The van der Waals surface area contributed by atoms with Crippen LogP contribution in [-0.4, -0.2) is 12.5 Å². The number of hydrogen-bond donors (Lipinski definition) is 1. The third kappa shape index (κ3) is 1.42. The van der Waals surface area contributed by atoms with Gasteiger partial charge in [-0.25, -0.2) is 0 Å². The van der Waals surface area contributed by atoms with Crippen molar-refractivity contribution in [3.05, 3.63) is 22.3 Å². The molecule has 0 fully saturated rings. The van der Waals surface area contributed by atoms with Crippen LogP contribution in [0.3, 0.4) is 0 Å².